The summed E-state index contributed by atoms with van der Waals surface area (Å²) in [7, 11) is 1.55. The van der Waals surface area contributed by atoms with Crippen molar-refractivity contribution in [2.75, 3.05) is 12.8 Å². The summed E-state index contributed by atoms with van der Waals surface area (Å²) >= 11 is 0. The zero-order valence-electron chi connectivity index (χ0n) is 11.2. The molecule has 2 aromatic carbocycles. The Labute approximate surface area is 115 Å². The Hall–Kier alpha value is -2.56. The highest BCUT2D eigenvalue weighted by Gasteiger charge is 2.13. The van der Waals surface area contributed by atoms with E-state index in [4.69, 9.17) is 10.5 Å². The van der Waals surface area contributed by atoms with Crippen molar-refractivity contribution in [2.45, 2.75) is 6.92 Å². The molecule has 0 aliphatic rings. The van der Waals surface area contributed by atoms with Crippen LogP contribution in [0, 0.1) is 12.7 Å². The van der Waals surface area contributed by atoms with E-state index in [1.165, 1.54) is 6.07 Å². The van der Waals surface area contributed by atoms with Crippen LogP contribution in [0.2, 0.25) is 0 Å². The third-order valence-electron chi connectivity index (χ3n) is 3.24. The minimum Gasteiger partial charge on any atom is -0.497 e. The van der Waals surface area contributed by atoms with Gasteiger partial charge in [0.2, 0.25) is 0 Å². The first-order chi connectivity index (χ1) is 9.60. The van der Waals surface area contributed by atoms with Gasteiger partial charge in [-0.05, 0) is 37.3 Å². The Morgan fingerprint density at radius 1 is 1.20 bits per heavy atom. The lowest BCUT2D eigenvalue weighted by Gasteiger charge is -2.10. The fraction of sp³-hybridized carbons (Fsp3) is 0.133. The number of fused-ring (bicyclic) bond motifs is 1. The quantitative estimate of drug-likeness (QED) is 0.729. The van der Waals surface area contributed by atoms with E-state index in [2.05, 4.69) is 4.98 Å². The molecule has 20 heavy (non-hydrogen) atoms. The molecule has 0 fully saturated rings. The summed E-state index contributed by atoms with van der Waals surface area (Å²) in [5.74, 6) is 0.959. The highest BCUT2D eigenvalue weighted by atomic mass is 19.1. The van der Waals surface area contributed by atoms with Crippen molar-refractivity contribution in [2.24, 2.45) is 0 Å². The minimum atomic E-state index is -0.329. The number of rotatable bonds is 2. The van der Waals surface area contributed by atoms with Gasteiger partial charge in [-0.2, -0.15) is 0 Å². The van der Waals surface area contributed by atoms with Gasteiger partial charge in [-0.3, -0.25) is 4.57 Å². The molecule has 4 nitrogen and oxygen atoms in total. The molecule has 0 amide bonds. The molecule has 0 atom stereocenters. The van der Waals surface area contributed by atoms with Crippen molar-refractivity contribution in [3.63, 3.8) is 0 Å². The smallest absolute Gasteiger partial charge is 0.147 e. The first kappa shape index (κ1) is 12.5. The molecule has 102 valence electrons. The number of ether oxygens (including phenoxy) is 1. The lowest BCUT2D eigenvalue weighted by Crippen LogP contribution is -2.01. The van der Waals surface area contributed by atoms with Crippen molar-refractivity contribution in [3.05, 3.63) is 48.0 Å². The molecule has 0 unspecified atom stereocenters. The largest absolute Gasteiger partial charge is 0.497 e. The molecule has 3 aromatic rings. The fourth-order valence-electron chi connectivity index (χ4n) is 2.31. The second kappa shape index (κ2) is 4.52. The predicted molar refractivity (Wildman–Crippen MR) is 76.7 cm³/mol. The van der Waals surface area contributed by atoms with Crippen molar-refractivity contribution >= 4 is 16.7 Å². The van der Waals surface area contributed by atoms with Gasteiger partial charge < -0.3 is 10.5 Å². The molecule has 0 aliphatic heterocycles. The van der Waals surface area contributed by atoms with Gasteiger partial charge in [0.15, 0.2) is 0 Å². The molecule has 2 N–H and O–H groups in total. The van der Waals surface area contributed by atoms with Gasteiger partial charge in [0.25, 0.3) is 0 Å². The molecule has 0 radical (unpaired) electrons. The molecular formula is C15H14FN3O. The molecule has 3 rings (SSSR count). The van der Waals surface area contributed by atoms with Crippen LogP contribution >= 0.6 is 0 Å². The summed E-state index contributed by atoms with van der Waals surface area (Å²) in [5.41, 5.74) is 8.35. The molecule has 5 heteroatoms. The Balaban J connectivity index is 2.31. The van der Waals surface area contributed by atoms with Crippen LogP contribution in [0.3, 0.4) is 0 Å². The number of nitrogens with zero attached hydrogens (tertiary/aromatic N) is 2. The molecule has 0 bridgehead atoms. The van der Waals surface area contributed by atoms with Crippen molar-refractivity contribution in [3.8, 4) is 11.4 Å². The number of nitrogen functional groups attached to an aromatic ring is 1. The molecule has 0 aliphatic carbocycles. The number of hydrogen-bond acceptors (Lipinski definition) is 3. The van der Waals surface area contributed by atoms with Crippen LogP contribution in [-0.4, -0.2) is 16.7 Å². The number of nitrogens with two attached hydrogens (primary N) is 1. The summed E-state index contributed by atoms with van der Waals surface area (Å²) in [6.07, 6.45) is 0. The highest BCUT2D eigenvalue weighted by Crippen LogP contribution is 2.27. The predicted octanol–water partition coefficient (Wildman–Crippen LogP) is 3.06. The van der Waals surface area contributed by atoms with Crippen molar-refractivity contribution in [1.29, 1.82) is 0 Å². The molecule has 0 spiro atoms. The van der Waals surface area contributed by atoms with E-state index < -0.39 is 0 Å². The number of methoxy groups -OCH3 is 1. The van der Waals surface area contributed by atoms with Gasteiger partial charge in [-0.15, -0.1) is 0 Å². The summed E-state index contributed by atoms with van der Waals surface area (Å²) in [5, 5.41) is 0. The minimum absolute atomic E-state index is 0.329. The number of imidazole rings is 1. The number of halogens is 1. The second-order valence-corrected chi connectivity index (χ2v) is 4.56. The normalized spacial score (nSPS) is 10.9. The molecular weight excluding hydrogens is 257 g/mol. The molecule has 1 aromatic heterocycles. The topological polar surface area (TPSA) is 53.1 Å². The standard InChI is InChI=1S/C15H14FN3O/c1-9-18-13-7-10(17)3-6-14(13)19(9)15-8-11(20-2)4-5-12(15)16/h3-8H,17H2,1-2H3. The Kier molecular flexibility index (Phi) is 2.82. The van der Waals surface area contributed by atoms with Gasteiger partial charge in [0, 0.05) is 11.8 Å². The lowest BCUT2D eigenvalue weighted by atomic mass is 10.2. The number of anilines is 1. The van der Waals surface area contributed by atoms with Crippen molar-refractivity contribution in [1.82, 2.24) is 9.55 Å². The van der Waals surface area contributed by atoms with Crippen LogP contribution in [-0.2, 0) is 0 Å². The van der Waals surface area contributed by atoms with Crippen molar-refractivity contribution < 1.29 is 9.13 Å². The first-order valence-corrected chi connectivity index (χ1v) is 6.18. The number of benzene rings is 2. The van der Waals surface area contributed by atoms with Crippen LogP contribution < -0.4 is 10.5 Å². The Bertz CT molecular complexity index is 795. The van der Waals surface area contributed by atoms with E-state index in [1.54, 1.807) is 35.9 Å². The van der Waals surface area contributed by atoms with Gasteiger partial charge >= 0.3 is 0 Å². The molecule has 0 saturated heterocycles. The van der Waals surface area contributed by atoms with Crippen LogP contribution in [0.25, 0.3) is 16.7 Å². The molecule has 0 saturated carbocycles. The Morgan fingerprint density at radius 2 is 2.00 bits per heavy atom. The summed E-state index contributed by atoms with van der Waals surface area (Å²) < 4.78 is 21.0. The monoisotopic (exact) mass is 271 g/mol. The maximum atomic E-state index is 14.1. The van der Waals surface area contributed by atoms with E-state index in [0.29, 0.717) is 22.9 Å². The highest BCUT2D eigenvalue weighted by molar-refractivity contribution is 5.81. The zero-order valence-corrected chi connectivity index (χ0v) is 11.2. The van der Waals surface area contributed by atoms with Crippen LogP contribution in [0.15, 0.2) is 36.4 Å². The number of hydrogen-bond donors (Lipinski definition) is 1. The summed E-state index contributed by atoms with van der Waals surface area (Å²) in [6.45, 7) is 1.83. The second-order valence-electron chi connectivity index (χ2n) is 4.56. The first-order valence-electron chi connectivity index (χ1n) is 6.18. The van der Waals surface area contributed by atoms with Crippen LogP contribution in [0.5, 0.6) is 5.75 Å². The Morgan fingerprint density at radius 3 is 2.75 bits per heavy atom. The van der Waals surface area contributed by atoms with Crippen LogP contribution in [0.1, 0.15) is 5.82 Å². The maximum Gasteiger partial charge on any atom is 0.147 e. The van der Waals surface area contributed by atoms with E-state index in [1.807, 2.05) is 13.0 Å². The third-order valence-corrected chi connectivity index (χ3v) is 3.24. The molecule has 1 heterocycles. The summed E-state index contributed by atoms with van der Waals surface area (Å²) in [6, 6.07) is 10.0. The summed E-state index contributed by atoms with van der Waals surface area (Å²) in [4.78, 5) is 4.42. The fourth-order valence-corrected chi connectivity index (χ4v) is 2.31. The van der Waals surface area contributed by atoms with E-state index in [9.17, 15) is 4.39 Å². The maximum absolute atomic E-state index is 14.1. The average molecular weight is 271 g/mol. The number of aromatic nitrogens is 2. The van der Waals surface area contributed by atoms with Crippen LogP contribution in [0.4, 0.5) is 10.1 Å². The average Bonchev–Trinajstić information content (AvgIpc) is 2.74. The van der Waals surface area contributed by atoms with E-state index in [-0.39, 0.29) is 5.82 Å². The lowest BCUT2D eigenvalue weighted by molar-refractivity contribution is 0.413. The van der Waals surface area contributed by atoms with Gasteiger partial charge in [0.05, 0.1) is 23.8 Å². The SMILES string of the molecule is COc1ccc(F)c(-n2c(C)nc3cc(N)ccc32)c1. The van der Waals surface area contributed by atoms with E-state index >= 15 is 0 Å². The van der Waals surface area contributed by atoms with Gasteiger partial charge in [0.1, 0.15) is 17.4 Å². The zero-order chi connectivity index (χ0) is 14.3. The third kappa shape index (κ3) is 1.87. The van der Waals surface area contributed by atoms with Gasteiger partial charge in [-0.1, -0.05) is 0 Å². The van der Waals surface area contributed by atoms with Gasteiger partial charge in [-0.25, -0.2) is 9.37 Å². The van der Waals surface area contributed by atoms with E-state index in [0.717, 1.165) is 11.0 Å². The number of aryl methyl sites for hydroxylation is 1.